The summed E-state index contributed by atoms with van der Waals surface area (Å²) in [6.45, 7) is 1.64. The van der Waals surface area contributed by atoms with Crippen molar-refractivity contribution in [2.45, 2.75) is 13.0 Å². The minimum absolute atomic E-state index is 0.0340. The monoisotopic (exact) mass is 474 g/mol. The predicted molar refractivity (Wildman–Crippen MR) is 126 cm³/mol. The highest BCUT2D eigenvalue weighted by Gasteiger charge is 2.24. The van der Waals surface area contributed by atoms with E-state index < -0.39 is 10.1 Å². The normalized spacial score (nSPS) is 13.7. The molecule has 33 heavy (non-hydrogen) atoms. The number of carbonyl (C=O) groups is 1. The number of amides is 1. The maximum atomic E-state index is 12.2. The van der Waals surface area contributed by atoms with Gasteiger partial charge in [0.15, 0.2) is 5.69 Å². The molecule has 0 bridgehead atoms. The van der Waals surface area contributed by atoms with Crippen LogP contribution in [0.2, 0.25) is 0 Å². The molecule has 0 aliphatic carbocycles. The maximum absolute atomic E-state index is 12.2. The van der Waals surface area contributed by atoms with Gasteiger partial charge >= 0.3 is 0 Å². The number of fused-ring (bicyclic) bond motifs is 3. The van der Waals surface area contributed by atoms with Crippen molar-refractivity contribution in [3.8, 4) is 17.0 Å². The highest BCUT2D eigenvalue weighted by molar-refractivity contribution is 7.85. The van der Waals surface area contributed by atoms with Gasteiger partial charge in [-0.3, -0.25) is 9.35 Å². The lowest BCUT2D eigenvalue weighted by molar-refractivity contribution is 0.0827. The zero-order valence-corrected chi connectivity index (χ0v) is 19.6. The summed E-state index contributed by atoms with van der Waals surface area (Å²) in [4.78, 5) is 30.1. The van der Waals surface area contributed by atoms with Gasteiger partial charge in [-0.05, 0) is 59.1 Å². The minimum atomic E-state index is -3.67. The van der Waals surface area contributed by atoms with E-state index in [4.69, 9.17) is 4.55 Å². The Morgan fingerprint density at radius 3 is 2.33 bits per heavy atom. The summed E-state index contributed by atoms with van der Waals surface area (Å²) < 4.78 is 25.9. The van der Waals surface area contributed by atoms with E-state index in [1.54, 1.807) is 19.0 Å². The molecule has 0 radical (unpaired) electrons. The molecule has 3 N–H and O–H groups in total. The van der Waals surface area contributed by atoms with Crippen molar-refractivity contribution in [2.24, 2.45) is 5.18 Å². The Kier molecular flexibility index (Phi) is 6.86. The first kappa shape index (κ1) is 24.4. The molecule has 10 nitrogen and oxygen atoms in total. The molecule has 176 valence electrons. The average Bonchev–Trinajstić information content (AvgIpc) is 3.06. The summed E-state index contributed by atoms with van der Waals surface area (Å²) in [5, 5.41) is 13.7. The van der Waals surface area contributed by atoms with Crippen LogP contribution in [0.4, 0.5) is 5.69 Å². The number of likely N-dealkylation sites (N-methyl/N-ethyl adjacent to an activating group) is 1. The number of hydrogen-bond donors (Lipinski definition) is 3. The number of nitrogens with one attached hydrogen (secondary N) is 1. The number of hydrogen-bond acceptors (Lipinski definition) is 7. The minimum Gasteiger partial charge on any atom is -0.493 e. The second kappa shape index (κ2) is 9.30. The first-order valence-electron chi connectivity index (χ1n) is 10.1. The van der Waals surface area contributed by atoms with Crippen LogP contribution >= 0.6 is 0 Å². The van der Waals surface area contributed by atoms with Gasteiger partial charge in [0.05, 0.1) is 11.8 Å². The highest BCUT2D eigenvalue weighted by Crippen LogP contribution is 2.42. The van der Waals surface area contributed by atoms with Gasteiger partial charge in [-0.15, -0.1) is 4.91 Å². The molecular weight excluding hydrogens is 448 g/mol. The van der Waals surface area contributed by atoms with Gasteiger partial charge in [-0.25, -0.2) is 0 Å². The van der Waals surface area contributed by atoms with E-state index in [9.17, 15) is 23.2 Å². The lowest BCUT2D eigenvalue weighted by Crippen LogP contribution is -2.27. The number of aromatic amines is 1. The summed E-state index contributed by atoms with van der Waals surface area (Å²) >= 11 is 0. The van der Waals surface area contributed by atoms with Crippen LogP contribution in [0, 0.1) is 4.91 Å². The smallest absolute Gasteiger partial charge is 0.261 e. The molecular formula is C22H26N4O6S. The van der Waals surface area contributed by atoms with E-state index in [1.807, 2.05) is 37.4 Å². The van der Waals surface area contributed by atoms with E-state index in [2.05, 4.69) is 15.1 Å². The standard InChI is InChI=1S/C21H22N4O3.CH4O3S/c1-24(2)21(27)13-6-4-12(5-7-13)15-10-16-18(22-20(26)19(16)23-28)17-11-25(3)9-8-14(15)17;1-5(2,3)4/h4-7,10,22,26H,8-9,11H2,1-3H3;1H3,(H,2,3,4). The number of H-pyrrole nitrogens is 1. The molecule has 0 atom stereocenters. The zero-order valence-electron chi connectivity index (χ0n) is 18.8. The van der Waals surface area contributed by atoms with Gasteiger partial charge in [-0.2, -0.15) is 8.42 Å². The van der Waals surface area contributed by atoms with Crippen molar-refractivity contribution in [1.82, 2.24) is 14.8 Å². The molecule has 1 amide bonds. The van der Waals surface area contributed by atoms with E-state index in [-0.39, 0.29) is 17.5 Å². The molecule has 4 rings (SSSR count). The molecule has 1 aliphatic heterocycles. The fourth-order valence-corrected chi connectivity index (χ4v) is 3.93. The Morgan fingerprint density at radius 2 is 1.79 bits per heavy atom. The third-order valence-corrected chi connectivity index (χ3v) is 5.38. The van der Waals surface area contributed by atoms with Gasteiger partial charge in [0, 0.05) is 38.1 Å². The Morgan fingerprint density at radius 1 is 1.18 bits per heavy atom. The molecule has 0 unspecified atom stereocenters. The number of carbonyl (C=O) groups excluding carboxylic acids is 1. The van der Waals surface area contributed by atoms with Crippen LogP contribution in [0.5, 0.6) is 5.88 Å². The van der Waals surface area contributed by atoms with Gasteiger partial charge in [-0.1, -0.05) is 12.1 Å². The Bertz CT molecular complexity index is 1310. The molecule has 0 saturated heterocycles. The second-order valence-electron chi connectivity index (χ2n) is 8.22. The quantitative estimate of drug-likeness (QED) is 0.391. The summed E-state index contributed by atoms with van der Waals surface area (Å²) in [6, 6.07) is 9.40. The Labute approximate surface area is 191 Å². The van der Waals surface area contributed by atoms with Crippen LogP contribution in [0.1, 0.15) is 21.5 Å². The number of nitrogens with zero attached hydrogens (tertiary/aromatic N) is 3. The molecule has 0 fully saturated rings. The average molecular weight is 475 g/mol. The third-order valence-electron chi connectivity index (χ3n) is 5.38. The van der Waals surface area contributed by atoms with Gasteiger partial charge in [0.1, 0.15) is 0 Å². The lowest BCUT2D eigenvalue weighted by atomic mass is 9.88. The van der Waals surface area contributed by atoms with Crippen LogP contribution in [0.15, 0.2) is 35.5 Å². The van der Waals surface area contributed by atoms with Crippen LogP contribution in [0.3, 0.4) is 0 Å². The Hall–Kier alpha value is -3.28. The molecule has 2 heterocycles. The number of aromatic hydroxyl groups is 1. The van der Waals surface area contributed by atoms with E-state index in [0.717, 1.165) is 41.7 Å². The maximum Gasteiger partial charge on any atom is 0.261 e. The van der Waals surface area contributed by atoms with Crippen molar-refractivity contribution < 1.29 is 22.9 Å². The molecule has 0 spiro atoms. The summed E-state index contributed by atoms with van der Waals surface area (Å²) in [7, 11) is 1.83. The fraction of sp³-hybridized carbons (Fsp3) is 0.318. The summed E-state index contributed by atoms with van der Waals surface area (Å²) in [5.74, 6) is -0.252. The first-order chi connectivity index (χ1) is 15.4. The van der Waals surface area contributed by atoms with Crippen molar-refractivity contribution >= 4 is 32.6 Å². The largest absolute Gasteiger partial charge is 0.493 e. The highest BCUT2D eigenvalue weighted by atomic mass is 32.2. The van der Waals surface area contributed by atoms with Gasteiger partial charge in [0.25, 0.3) is 16.0 Å². The van der Waals surface area contributed by atoms with Crippen LogP contribution < -0.4 is 0 Å². The Balaban J connectivity index is 0.000000555. The topological polar surface area (TPSA) is 143 Å². The second-order valence-corrected chi connectivity index (χ2v) is 9.68. The molecule has 11 heteroatoms. The molecule has 2 aromatic carbocycles. The zero-order chi connectivity index (χ0) is 24.5. The van der Waals surface area contributed by atoms with Crippen molar-refractivity contribution in [1.29, 1.82) is 0 Å². The number of benzene rings is 2. The first-order valence-corrected chi connectivity index (χ1v) is 11.9. The molecule has 1 aromatic heterocycles. The van der Waals surface area contributed by atoms with Gasteiger partial charge in [0.2, 0.25) is 5.88 Å². The molecule has 0 saturated carbocycles. The summed E-state index contributed by atoms with van der Waals surface area (Å²) in [5.41, 5.74) is 5.65. The van der Waals surface area contributed by atoms with Crippen LogP contribution in [-0.2, 0) is 23.1 Å². The van der Waals surface area contributed by atoms with Crippen LogP contribution in [-0.4, -0.2) is 72.7 Å². The summed E-state index contributed by atoms with van der Waals surface area (Å²) in [6.07, 6.45) is 1.58. The van der Waals surface area contributed by atoms with E-state index >= 15 is 0 Å². The van der Waals surface area contributed by atoms with Crippen molar-refractivity contribution in [2.75, 3.05) is 33.9 Å². The van der Waals surface area contributed by atoms with E-state index in [0.29, 0.717) is 17.2 Å². The number of nitroso groups, excluding NO2 is 1. The lowest BCUT2D eigenvalue weighted by Gasteiger charge is -2.27. The van der Waals surface area contributed by atoms with Crippen LogP contribution in [0.25, 0.3) is 22.0 Å². The van der Waals surface area contributed by atoms with E-state index in [1.165, 1.54) is 5.56 Å². The number of rotatable bonds is 3. The number of aromatic nitrogens is 1. The SMILES string of the molecule is CN1CCc2c(-c3ccc(C(=O)N(C)C)cc3)cc3c(N=O)c(O)[nH]c3c2C1.CS(=O)(=O)O. The molecule has 1 aliphatic rings. The predicted octanol–water partition coefficient (Wildman–Crippen LogP) is 3.13. The third kappa shape index (κ3) is 5.38. The molecule has 3 aromatic rings. The van der Waals surface area contributed by atoms with Crippen molar-refractivity contribution in [3.63, 3.8) is 0 Å². The van der Waals surface area contributed by atoms with Gasteiger partial charge < -0.3 is 19.9 Å². The fourth-order valence-electron chi connectivity index (χ4n) is 3.93. The van der Waals surface area contributed by atoms with Crippen molar-refractivity contribution in [3.05, 3.63) is 51.9 Å².